The van der Waals surface area contributed by atoms with E-state index in [0.29, 0.717) is 35.7 Å². The van der Waals surface area contributed by atoms with E-state index in [1.807, 2.05) is 31.2 Å². The van der Waals surface area contributed by atoms with Crippen LogP contribution in [0.5, 0.6) is 11.5 Å². The molecule has 3 rings (SSSR count). The number of ether oxygens (including phenoxy) is 2. The van der Waals surface area contributed by atoms with Crippen LogP contribution in [0.25, 0.3) is 10.9 Å². The van der Waals surface area contributed by atoms with E-state index in [1.165, 1.54) is 24.3 Å². The molecule has 0 unspecified atom stereocenters. The standard InChI is InChI=1S/C23H25FN2O3/c1-3-5-15-28-21-13-12-19(18-7-6-14-25-22(18)21)26-23(27)20(4-2)29-17-10-8-16(24)9-11-17/h6-14,20H,3-5,15H2,1-2H3,(H,26,27)/t20-/m1/s1. The molecule has 0 spiro atoms. The van der Waals surface area contributed by atoms with Crippen molar-refractivity contribution in [2.75, 3.05) is 11.9 Å². The van der Waals surface area contributed by atoms with Crippen molar-refractivity contribution in [2.45, 2.75) is 39.2 Å². The van der Waals surface area contributed by atoms with Crippen molar-refractivity contribution < 1.29 is 18.7 Å². The molecule has 0 fully saturated rings. The van der Waals surface area contributed by atoms with Gasteiger partial charge in [0.1, 0.15) is 22.8 Å². The average Bonchev–Trinajstić information content (AvgIpc) is 2.74. The first-order valence-corrected chi connectivity index (χ1v) is 9.86. The summed E-state index contributed by atoms with van der Waals surface area (Å²) in [6.07, 6.45) is 3.48. The van der Waals surface area contributed by atoms with Crippen LogP contribution in [-0.2, 0) is 4.79 Å². The van der Waals surface area contributed by atoms with Gasteiger partial charge in [0.15, 0.2) is 6.10 Å². The Hall–Kier alpha value is -3.15. The number of carbonyl (C=O) groups excluding carboxylic acids is 1. The number of amides is 1. The number of nitrogens with one attached hydrogen (secondary N) is 1. The second-order valence-electron chi connectivity index (χ2n) is 6.67. The highest BCUT2D eigenvalue weighted by Gasteiger charge is 2.20. The normalized spacial score (nSPS) is 11.8. The molecule has 0 saturated heterocycles. The molecule has 29 heavy (non-hydrogen) atoms. The number of aromatic nitrogens is 1. The van der Waals surface area contributed by atoms with Gasteiger partial charge >= 0.3 is 0 Å². The fourth-order valence-electron chi connectivity index (χ4n) is 2.91. The lowest BCUT2D eigenvalue weighted by molar-refractivity contribution is -0.122. The molecule has 6 heteroatoms. The fourth-order valence-corrected chi connectivity index (χ4v) is 2.91. The highest BCUT2D eigenvalue weighted by Crippen LogP contribution is 2.30. The quantitative estimate of drug-likeness (QED) is 0.496. The second kappa shape index (κ2) is 9.87. The number of carbonyl (C=O) groups is 1. The SMILES string of the molecule is CCCCOc1ccc(NC(=O)[C@@H](CC)Oc2ccc(F)cc2)c2cccnc12. The van der Waals surface area contributed by atoms with Gasteiger partial charge in [-0.15, -0.1) is 0 Å². The first-order valence-electron chi connectivity index (χ1n) is 9.86. The Morgan fingerprint density at radius 3 is 2.66 bits per heavy atom. The van der Waals surface area contributed by atoms with E-state index in [4.69, 9.17) is 9.47 Å². The summed E-state index contributed by atoms with van der Waals surface area (Å²) >= 11 is 0. The predicted octanol–water partition coefficient (Wildman–Crippen LogP) is 5.35. The van der Waals surface area contributed by atoms with Gasteiger partial charge in [-0.2, -0.15) is 0 Å². The maximum absolute atomic E-state index is 13.1. The second-order valence-corrected chi connectivity index (χ2v) is 6.67. The van der Waals surface area contributed by atoms with Gasteiger partial charge in [0.25, 0.3) is 5.91 Å². The maximum Gasteiger partial charge on any atom is 0.265 e. The molecule has 0 aliphatic heterocycles. The maximum atomic E-state index is 13.1. The zero-order chi connectivity index (χ0) is 20.6. The topological polar surface area (TPSA) is 60.5 Å². The van der Waals surface area contributed by atoms with Crippen molar-refractivity contribution >= 4 is 22.5 Å². The summed E-state index contributed by atoms with van der Waals surface area (Å²) in [6, 6.07) is 13.0. The van der Waals surface area contributed by atoms with Crippen molar-refractivity contribution in [2.24, 2.45) is 0 Å². The third-order valence-electron chi connectivity index (χ3n) is 4.50. The smallest absolute Gasteiger partial charge is 0.265 e. The number of benzene rings is 2. The van der Waals surface area contributed by atoms with Crippen molar-refractivity contribution in [3.8, 4) is 11.5 Å². The molecule has 2 aromatic carbocycles. The molecule has 1 N–H and O–H groups in total. The monoisotopic (exact) mass is 396 g/mol. The Morgan fingerprint density at radius 2 is 1.93 bits per heavy atom. The summed E-state index contributed by atoms with van der Waals surface area (Å²) in [6.45, 7) is 4.59. The summed E-state index contributed by atoms with van der Waals surface area (Å²) in [5, 5.41) is 3.73. The average molecular weight is 396 g/mol. The van der Waals surface area contributed by atoms with Crippen LogP contribution in [-0.4, -0.2) is 23.6 Å². The third kappa shape index (κ3) is 5.22. The van der Waals surface area contributed by atoms with Crippen LogP contribution < -0.4 is 14.8 Å². The fraction of sp³-hybridized carbons (Fsp3) is 0.304. The van der Waals surface area contributed by atoms with E-state index in [0.717, 1.165) is 18.2 Å². The molecule has 1 amide bonds. The van der Waals surface area contributed by atoms with E-state index >= 15 is 0 Å². The van der Waals surface area contributed by atoms with Crippen LogP contribution in [0.15, 0.2) is 54.7 Å². The van der Waals surface area contributed by atoms with E-state index in [-0.39, 0.29) is 11.7 Å². The molecular weight excluding hydrogens is 371 g/mol. The van der Waals surface area contributed by atoms with Gasteiger partial charge in [0, 0.05) is 11.6 Å². The summed E-state index contributed by atoms with van der Waals surface area (Å²) in [7, 11) is 0. The highest BCUT2D eigenvalue weighted by atomic mass is 19.1. The van der Waals surface area contributed by atoms with Crippen molar-refractivity contribution in [3.05, 3.63) is 60.5 Å². The minimum Gasteiger partial charge on any atom is -0.491 e. The number of nitrogens with zero attached hydrogens (tertiary/aromatic N) is 1. The van der Waals surface area contributed by atoms with Crippen LogP contribution in [0.3, 0.4) is 0 Å². The molecule has 0 saturated carbocycles. The number of unbranched alkanes of at least 4 members (excludes halogenated alkanes) is 1. The zero-order valence-electron chi connectivity index (χ0n) is 16.7. The minimum atomic E-state index is -0.701. The molecule has 0 aliphatic rings. The Balaban J connectivity index is 1.78. The lowest BCUT2D eigenvalue weighted by Gasteiger charge is -2.18. The van der Waals surface area contributed by atoms with E-state index in [9.17, 15) is 9.18 Å². The van der Waals surface area contributed by atoms with Crippen molar-refractivity contribution in [1.29, 1.82) is 0 Å². The molecule has 152 valence electrons. The van der Waals surface area contributed by atoms with Gasteiger partial charge in [-0.1, -0.05) is 20.3 Å². The largest absolute Gasteiger partial charge is 0.491 e. The number of pyridine rings is 1. The molecule has 1 atom stereocenters. The molecule has 1 aromatic heterocycles. The van der Waals surface area contributed by atoms with Crippen molar-refractivity contribution in [1.82, 2.24) is 4.98 Å². The first kappa shape index (κ1) is 20.6. The van der Waals surface area contributed by atoms with Crippen molar-refractivity contribution in [3.63, 3.8) is 0 Å². The lowest BCUT2D eigenvalue weighted by atomic mass is 10.1. The Labute approximate surface area is 169 Å². The summed E-state index contributed by atoms with van der Waals surface area (Å²) < 4.78 is 24.7. The number of hydrogen-bond acceptors (Lipinski definition) is 4. The Kier molecular flexibility index (Phi) is 7.00. The molecule has 0 bridgehead atoms. The number of fused-ring (bicyclic) bond motifs is 1. The van der Waals surface area contributed by atoms with Gasteiger partial charge in [0.05, 0.1) is 12.3 Å². The van der Waals surface area contributed by atoms with Gasteiger partial charge in [0.2, 0.25) is 0 Å². The molecular formula is C23H25FN2O3. The molecule has 0 radical (unpaired) electrons. The first-order chi connectivity index (χ1) is 14.1. The molecule has 3 aromatic rings. The molecule has 5 nitrogen and oxygen atoms in total. The van der Waals surface area contributed by atoms with Crippen LogP contribution in [0.1, 0.15) is 33.1 Å². The number of rotatable bonds is 9. The Morgan fingerprint density at radius 1 is 1.14 bits per heavy atom. The van der Waals surface area contributed by atoms with Crippen LogP contribution >= 0.6 is 0 Å². The van der Waals surface area contributed by atoms with Crippen LogP contribution in [0.2, 0.25) is 0 Å². The van der Waals surface area contributed by atoms with E-state index < -0.39 is 6.10 Å². The van der Waals surface area contributed by atoms with Crippen LogP contribution in [0, 0.1) is 5.82 Å². The van der Waals surface area contributed by atoms with Gasteiger partial charge in [-0.3, -0.25) is 9.78 Å². The summed E-state index contributed by atoms with van der Waals surface area (Å²) in [5.41, 5.74) is 1.34. The number of anilines is 1. The van der Waals surface area contributed by atoms with Gasteiger partial charge in [-0.25, -0.2) is 4.39 Å². The van der Waals surface area contributed by atoms with E-state index in [2.05, 4.69) is 17.2 Å². The summed E-state index contributed by atoms with van der Waals surface area (Å²) in [4.78, 5) is 17.2. The van der Waals surface area contributed by atoms with Gasteiger partial charge < -0.3 is 14.8 Å². The lowest BCUT2D eigenvalue weighted by Crippen LogP contribution is -2.32. The molecule has 1 heterocycles. The zero-order valence-corrected chi connectivity index (χ0v) is 16.7. The van der Waals surface area contributed by atoms with Gasteiger partial charge in [-0.05, 0) is 61.4 Å². The molecule has 0 aliphatic carbocycles. The minimum absolute atomic E-state index is 0.276. The number of halogens is 1. The third-order valence-corrected chi connectivity index (χ3v) is 4.50. The summed E-state index contributed by atoms with van der Waals surface area (Å²) in [5.74, 6) is 0.512. The highest BCUT2D eigenvalue weighted by molar-refractivity contribution is 6.04. The Bertz CT molecular complexity index is 960. The predicted molar refractivity (Wildman–Crippen MR) is 112 cm³/mol. The van der Waals surface area contributed by atoms with E-state index in [1.54, 1.807) is 6.20 Å². The van der Waals surface area contributed by atoms with Crippen LogP contribution in [0.4, 0.5) is 10.1 Å². The number of hydrogen-bond donors (Lipinski definition) is 1.